The first-order chi connectivity index (χ1) is 10.8. The summed E-state index contributed by atoms with van der Waals surface area (Å²) in [6.45, 7) is 6.66. The van der Waals surface area contributed by atoms with Crippen LogP contribution in [-0.2, 0) is 16.4 Å². The zero-order valence-electron chi connectivity index (χ0n) is 12.9. The highest BCUT2D eigenvalue weighted by Crippen LogP contribution is 2.27. The minimum absolute atomic E-state index is 0.367. The minimum atomic E-state index is 0.367. The molecule has 0 spiro atoms. The number of aromatic amines is 1. The van der Waals surface area contributed by atoms with Gasteiger partial charge in [-0.3, -0.25) is 0 Å². The van der Waals surface area contributed by atoms with E-state index in [-0.39, 0.29) is 0 Å². The fourth-order valence-electron chi connectivity index (χ4n) is 2.42. The van der Waals surface area contributed by atoms with Crippen molar-refractivity contribution in [3.63, 3.8) is 0 Å². The Morgan fingerprint density at radius 1 is 1.32 bits per heavy atom. The van der Waals surface area contributed by atoms with E-state index >= 15 is 0 Å². The van der Waals surface area contributed by atoms with Crippen molar-refractivity contribution in [1.29, 1.82) is 0 Å². The number of nitrogens with one attached hydrogen (secondary N) is 2. The van der Waals surface area contributed by atoms with Gasteiger partial charge >= 0.3 is 0 Å². The summed E-state index contributed by atoms with van der Waals surface area (Å²) >= 11 is 0. The molecule has 7 heteroatoms. The molecule has 0 unspecified atom stereocenters. The topological polar surface area (TPSA) is 75.3 Å². The van der Waals surface area contributed by atoms with Gasteiger partial charge in [0.05, 0.1) is 5.69 Å². The maximum Gasteiger partial charge on any atom is 0.155 e. The van der Waals surface area contributed by atoms with Gasteiger partial charge in [-0.2, -0.15) is 0 Å². The minimum Gasteiger partial charge on any atom is -0.370 e. The highest BCUT2D eigenvalue weighted by Gasteiger charge is 2.21. The third kappa shape index (κ3) is 3.05. The van der Waals surface area contributed by atoms with Gasteiger partial charge in [0, 0.05) is 24.8 Å². The number of aromatic nitrogens is 3. The Bertz CT molecular complexity index is 611. The zero-order valence-corrected chi connectivity index (χ0v) is 12.9. The van der Waals surface area contributed by atoms with Gasteiger partial charge in [0.25, 0.3) is 0 Å². The summed E-state index contributed by atoms with van der Waals surface area (Å²) in [5, 5.41) is 3.18. The fourth-order valence-corrected chi connectivity index (χ4v) is 2.42. The van der Waals surface area contributed by atoms with E-state index in [1.165, 1.54) is 0 Å². The predicted molar refractivity (Wildman–Crippen MR) is 84.4 cm³/mol. The average Bonchev–Trinajstić information content (AvgIpc) is 2.87. The molecule has 0 amide bonds. The number of rotatable bonds is 5. The molecule has 3 heterocycles. The monoisotopic (exact) mass is 303 g/mol. The molecule has 0 radical (unpaired) electrons. The Kier molecular flexibility index (Phi) is 4.55. The van der Waals surface area contributed by atoms with Gasteiger partial charge in [0.2, 0.25) is 0 Å². The van der Waals surface area contributed by atoms with E-state index in [1.807, 2.05) is 25.3 Å². The van der Waals surface area contributed by atoms with E-state index < -0.39 is 0 Å². The molecule has 118 valence electrons. The third-order valence-corrected chi connectivity index (χ3v) is 3.44. The summed E-state index contributed by atoms with van der Waals surface area (Å²) in [4.78, 5) is 24.8. The number of hydrogen-bond donors (Lipinski definition) is 2. The number of H-pyrrole nitrogens is 1. The molecular formula is C15H21N5O2. The van der Waals surface area contributed by atoms with E-state index in [2.05, 4.69) is 27.1 Å². The zero-order chi connectivity index (χ0) is 15.4. The number of hydrogen-bond acceptors (Lipinski definition) is 6. The van der Waals surface area contributed by atoms with Gasteiger partial charge in [0.15, 0.2) is 12.5 Å². The summed E-state index contributed by atoms with van der Waals surface area (Å²) in [6, 6.07) is 3.96. The van der Waals surface area contributed by atoms with Crippen LogP contribution in [0.5, 0.6) is 0 Å². The molecule has 0 aliphatic carbocycles. The Balaban J connectivity index is 1.87. The second-order valence-corrected chi connectivity index (χ2v) is 5.12. The van der Waals surface area contributed by atoms with Crippen LogP contribution in [-0.4, -0.2) is 34.8 Å². The lowest BCUT2D eigenvalue weighted by atomic mass is 10.2. The third-order valence-electron chi connectivity index (χ3n) is 3.44. The number of fused-ring (bicyclic) bond motifs is 1. The van der Waals surface area contributed by atoms with Crippen LogP contribution in [0.2, 0.25) is 0 Å². The Hall–Kier alpha value is -2.12. The van der Waals surface area contributed by atoms with Crippen LogP contribution >= 0.6 is 0 Å². The van der Waals surface area contributed by atoms with Crippen LogP contribution in [0, 0.1) is 0 Å². The summed E-state index contributed by atoms with van der Waals surface area (Å²) in [7, 11) is 0. The maximum atomic E-state index is 5.16. The standard InChI is InChI=1S/C15H21N5O2/c1-3-7-20-10-22-21-9-12-15(20)19-14(18-12)11-5-6-13(16-4-2)17-8-11/h5-6,8H,3-4,7,9-10H2,1-2H3,(H,16,17)(H,18,19). The Morgan fingerprint density at radius 3 is 2.95 bits per heavy atom. The highest BCUT2D eigenvalue weighted by molar-refractivity contribution is 5.61. The highest BCUT2D eigenvalue weighted by atomic mass is 17.2. The SMILES string of the molecule is CCCN1COOCc2[nH]c(-c3ccc(NCC)nc3)nc21. The quantitative estimate of drug-likeness (QED) is 0.827. The first-order valence-corrected chi connectivity index (χ1v) is 7.60. The van der Waals surface area contributed by atoms with Gasteiger partial charge in [-0.25, -0.2) is 19.7 Å². The van der Waals surface area contributed by atoms with Crippen molar-refractivity contribution in [1.82, 2.24) is 15.0 Å². The van der Waals surface area contributed by atoms with Crippen LogP contribution in [0.1, 0.15) is 26.0 Å². The van der Waals surface area contributed by atoms with Crippen molar-refractivity contribution in [2.75, 3.05) is 30.0 Å². The van der Waals surface area contributed by atoms with Crippen LogP contribution in [0.4, 0.5) is 11.6 Å². The van der Waals surface area contributed by atoms with Crippen LogP contribution in [0.3, 0.4) is 0 Å². The second-order valence-electron chi connectivity index (χ2n) is 5.12. The van der Waals surface area contributed by atoms with Gasteiger partial charge in [-0.05, 0) is 25.5 Å². The molecule has 1 aliphatic heterocycles. The molecule has 0 fully saturated rings. The Labute approximate surface area is 129 Å². The van der Waals surface area contributed by atoms with Crippen molar-refractivity contribution >= 4 is 11.6 Å². The van der Waals surface area contributed by atoms with Gasteiger partial charge in [-0.15, -0.1) is 0 Å². The number of nitrogens with zero attached hydrogens (tertiary/aromatic N) is 3. The molecule has 0 atom stereocenters. The molecule has 0 saturated heterocycles. The summed E-state index contributed by atoms with van der Waals surface area (Å²) in [5.41, 5.74) is 1.88. The van der Waals surface area contributed by atoms with Gasteiger partial charge < -0.3 is 15.2 Å². The van der Waals surface area contributed by atoms with Crippen molar-refractivity contribution in [3.05, 3.63) is 24.0 Å². The largest absolute Gasteiger partial charge is 0.370 e. The first kappa shape index (κ1) is 14.8. The van der Waals surface area contributed by atoms with Gasteiger partial charge in [-0.1, -0.05) is 6.92 Å². The number of anilines is 2. The molecule has 22 heavy (non-hydrogen) atoms. The van der Waals surface area contributed by atoms with E-state index in [9.17, 15) is 0 Å². The number of pyridine rings is 1. The normalized spacial score (nSPS) is 14.5. The smallest absolute Gasteiger partial charge is 0.155 e. The average molecular weight is 303 g/mol. The summed E-state index contributed by atoms with van der Waals surface area (Å²) < 4.78 is 0. The Morgan fingerprint density at radius 2 is 2.23 bits per heavy atom. The van der Waals surface area contributed by atoms with E-state index in [1.54, 1.807) is 0 Å². The maximum absolute atomic E-state index is 5.16. The molecule has 0 bridgehead atoms. The fraction of sp³-hybridized carbons (Fsp3) is 0.467. The van der Waals surface area contributed by atoms with Crippen LogP contribution in [0.25, 0.3) is 11.4 Å². The molecule has 0 saturated carbocycles. The molecule has 3 rings (SSSR count). The van der Waals surface area contributed by atoms with Crippen LogP contribution in [0.15, 0.2) is 18.3 Å². The van der Waals surface area contributed by atoms with Gasteiger partial charge in [0.1, 0.15) is 18.2 Å². The van der Waals surface area contributed by atoms with Crippen molar-refractivity contribution < 1.29 is 9.78 Å². The lowest BCUT2D eigenvalue weighted by molar-refractivity contribution is -0.300. The lowest BCUT2D eigenvalue weighted by Crippen LogP contribution is -2.26. The first-order valence-electron chi connectivity index (χ1n) is 7.60. The molecule has 2 aromatic heterocycles. The predicted octanol–water partition coefficient (Wildman–Crippen LogP) is 2.54. The summed E-state index contributed by atoms with van der Waals surface area (Å²) in [5.74, 6) is 2.56. The molecule has 2 aromatic rings. The molecule has 1 aliphatic rings. The summed E-state index contributed by atoms with van der Waals surface area (Å²) in [6.07, 6.45) is 2.83. The van der Waals surface area contributed by atoms with Crippen molar-refractivity contribution in [3.8, 4) is 11.4 Å². The van der Waals surface area contributed by atoms with Crippen molar-refractivity contribution in [2.24, 2.45) is 0 Å². The number of imidazole rings is 1. The molecular weight excluding hydrogens is 282 g/mol. The van der Waals surface area contributed by atoms with Crippen LogP contribution < -0.4 is 10.2 Å². The lowest BCUT2D eigenvalue weighted by Gasteiger charge is -2.18. The van der Waals surface area contributed by atoms with E-state index in [0.29, 0.717) is 13.3 Å². The van der Waals surface area contributed by atoms with Crippen molar-refractivity contribution in [2.45, 2.75) is 26.9 Å². The molecule has 2 N–H and O–H groups in total. The second kappa shape index (κ2) is 6.76. The van der Waals surface area contributed by atoms with E-state index in [4.69, 9.17) is 14.8 Å². The molecule has 0 aromatic carbocycles. The van der Waals surface area contributed by atoms with E-state index in [0.717, 1.165) is 48.2 Å². The molecule has 7 nitrogen and oxygen atoms in total.